The van der Waals surface area contributed by atoms with Gasteiger partial charge in [0.15, 0.2) is 0 Å². The molecule has 0 bridgehead atoms. The van der Waals surface area contributed by atoms with Gasteiger partial charge in [0, 0.05) is 12.4 Å². The molecular weight excluding hydrogens is 382 g/mol. The molecule has 2 N–H and O–H groups in total. The van der Waals surface area contributed by atoms with Crippen LogP contribution in [0.1, 0.15) is 103 Å². The third kappa shape index (κ3) is 3.78. The standard InChI is InChI=1S/C28H43NO2/c1-27-15-13-25-23(10-8-21-17-22(30)12-14-28(21,25)2)24(27)11-9-20(27)6-3-7-26(31)19-5-4-16-29-18-19/h4-5,16,18,20-26,30-31H,3,6-15,17H2,1-2H3. The summed E-state index contributed by atoms with van der Waals surface area (Å²) in [5.41, 5.74) is 1.95. The van der Waals surface area contributed by atoms with E-state index >= 15 is 0 Å². The lowest BCUT2D eigenvalue weighted by Crippen LogP contribution is -2.53. The van der Waals surface area contributed by atoms with E-state index in [0.717, 1.165) is 60.8 Å². The summed E-state index contributed by atoms with van der Waals surface area (Å²) in [5.74, 6) is 4.31. The van der Waals surface area contributed by atoms with Gasteiger partial charge in [-0.25, -0.2) is 0 Å². The minimum Gasteiger partial charge on any atom is -0.393 e. The molecule has 4 saturated carbocycles. The van der Waals surface area contributed by atoms with Crippen molar-refractivity contribution in [2.75, 3.05) is 0 Å². The van der Waals surface area contributed by atoms with E-state index < -0.39 is 0 Å². The average molecular weight is 426 g/mol. The van der Waals surface area contributed by atoms with Crippen LogP contribution < -0.4 is 0 Å². The second-order valence-electron chi connectivity index (χ2n) is 12.1. The normalized spacial score (nSPS) is 45.4. The number of fused-ring (bicyclic) bond motifs is 5. The molecule has 0 saturated heterocycles. The summed E-state index contributed by atoms with van der Waals surface area (Å²) in [7, 11) is 0. The first-order valence-corrected chi connectivity index (χ1v) is 13.2. The fourth-order valence-electron chi connectivity index (χ4n) is 9.12. The molecule has 31 heavy (non-hydrogen) atoms. The van der Waals surface area contributed by atoms with Crippen LogP contribution in [-0.2, 0) is 0 Å². The zero-order chi connectivity index (χ0) is 21.6. The van der Waals surface area contributed by atoms with Crippen molar-refractivity contribution in [2.45, 2.75) is 103 Å². The Hall–Kier alpha value is -0.930. The lowest BCUT2D eigenvalue weighted by atomic mass is 9.44. The van der Waals surface area contributed by atoms with Crippen LogP contribution in [-0.4, -0.2) is 21.3 Å². The van der Waals surface area contributed by atoms with Gasteiger partial charge in [0.05, 0.1) is 12.2 Å². The number of nitrogens with zero attached hydrogens (tertiary/aromatic N) is 1. The summed E-state index contributed by atoms with van der Waals surface area (Å²) >= 11 is 0. The third-order valence-corrected chi connectivity index (χ3v) is 10.9. The number of pyridine rings is 1. The van der Waals surface area contributed by atoms with Gasteiger partial charge >= 0.3 is 0 Å². The van der Waals surface area contributed by atoms with Gasteiger partial charge in [-0.2, -0.15) is 0 Å². The van der Waals surface area contributed by atoms with Crippen molar-refractivity contribution in [3.05, 3.63) is 30.1 Å². The first-order valence-electron chi connectivity index (χ1n) is 13.2. The summed E-state index contributed by atoms with van der Waals surface area (Å²) in [6, 6.07) is 3.91. The molecule has 5 rings (SSSR count). The van der Waals surface area contributed by atoms with E-state index in [1.165, 1.54) is 51.4 Å². The van der Waals surface area contributed by atoms with E-state index in [4.69, 9.17) is 0 Å². The van der Waals surface area contributed by atoms with E-state index in [1.54, 1.807) is 12.4 Å². The van der Waals surface area contributed by atoms with Crippen LogP contribution in [0.25, 0.3) is 0 Å². The molecule has 1 heterocycles. The van der Waals surface area contributed by atoms with Gasteiger partial charge in [-0.05, 0) is 123 Å². The third-order valence-electron chi connectivity index (χ3n) is 10.9. The fourth-order valence-corrected chi connectivity index (χ4v) is 9.12. The fraction of sp³-hybridized carbons (Fsp3) is 0.821. The molecule has 0 aliphatic heterocycles. The van der Waals surface area contributed by atoms with Crippen molar-refractivity contribution in [3.8, 4) is 0 Å². The predicted octanol–water partition coefficient (Wildman–Crippen LogP) is 6.31. The highest BCUT2D eigenvalue weighted by atomic mass is 16.3. The number of hydrogen-bond acceptors (Lipinski definition) is 3. The predicted molar refractivity (Wildman–Crippen MR) is 124 cm³/mol. The quantitative estimate of drug-likeness (QED) is 0.581. The van der Waals surface area contributed by atoms with Crippen LogP contribution in [0.15, 0.2) is 24.5 Å². The Balaban J connectivity index is 1.22. The number of hydrogen-bond donors (Lipinski definition) is 2. The zero-order valence-electron chi connectivity index (χ0n) is 19.7. The van der Waals surface area contributed by atoms with Gasteiger partial charge in [-0.15, -0.1) is 0 Å². The molecule has 9 unspecified atom stereocenters. The number of aromatic nitrogens is 1. The molecule has 9 atom stereocenters. The van der Waals surface area contributed by atoms with Crippen LogP contribution in [0.3, 0.4) is 0 Å². The first kappa shape index (κ1) is 21.9. The van der Waals surface area contributed by atoms with Crippen LogP contribution in [0.2, 0.25) is 0 Å². The maximum absolute atomic E-state index is 10.5. The summed E-state index contributed by atoms with van der Waals surface area (Å²) < 4.78 is 0. The van der Waals surface area contributed by atoms with Crippen molar-refractivity contribution >= 4 is 0 Å². The minimum absolute atomic E-state index is 0.0404. The van der Waals surface area contributed by atoms with Gasteiger partial charge in [0.25, 0.3) is 0 Å². The molecular formula is C28H43NO2. The van der Waals surface area contributed by atoms with Crippen molar-refractivity contribution < 1.29 is 10.2 Å². The second-order valence-corrected chi connectivity index (χ2v) is 12.1. The molecule has 172 valence electrons. The Morgan fingerprint density at radius 2 is 1.84 bits per heavy atom. The molecule has 0 amide bonds. The lowest BCUT2D eigenvalue weighted by Gasteiger charge is -2.61. The molecule has 3 nitrogen and oxygen atoms in total. The van der Waals surface area contributed by atoms with Crippen LogP contribution >= 0.6 is 0 Å². The molecule has 4 fully saturated rings. The highest BCUT2D eigenvalue weighted by Crippen LogP contribution is 2.67. The summed E-state index contributed by atoms with van der Waals surface area (Å²) in [6.07, 6.45) is 18.1. The van der Waals surface area contributed by atoms with Crippen LogP contribution in [0.5, 0.6) is 0 Å². The van der Waals surface area contributed by atoms with E-state index in [-0.39, 0.29) is 12.2 Å². The van der Waals surface area contributed by atoms with E-state index in [1.807, 2.05) is 12.1 Å². The van der Waals surface area contributed by atoms with Gasteiger partial charge in [-0.3, -0.25) is 4.98 Å². The lowest BCUT2D eigenvalue weighted by molar-refractivity contribution is -0.127. The Kier molecular flexibility index (Phi) is 5.97. The van der Waals surface area contributed by atoms with Crippen LogP contribution in [0, 0.1) is 40.4 Å². The Bertz CT molecular complexity index is 753. The monoisotopic (exact) mass is 425 g/mol. The van der Waals surface area contributed by atoms with Crippen molar-refractivity contribution in [3.63, 3.8) is 0 Å². The highest BCUT2D eigenvalue weighted by molar-refractivity contribution is 5.12. The average Bonchev–Trinajstić information content (AvgIpc) is 3.11. The maximum Gasteiger partial charge on any atom is 0.0804 e. The van der Waals surface area contributed by atoms with Crippen molar-refractivity contribution in [1.82, 2.24) is 4.98 Å². The molecule has 0 spiro atoms. The largest absolute Gasteiger partial charge is 0.393 e. The maximum atomic E-state index is 10.5. The van der Waals surface area contributed by atoms with Gasteiger partial charge in [-0.1, -0.05) is 26.3 Å². The Labute approximate surface area is 189 Å². The number of rotatable bonds is 5. The SMILES string of the molecule is CC12CCC3C(CCC4CC(O)CCC43C)C1CCC2CCCC(O)c1cccnc1. The Morgan fingerprint density at radius 3 is 2.65 bits per heavy atom. The molecule has 1 aromatic heterocycles. The molecule has 3 heteroatoms. The zero-order valence-corrected chi connectivity index (χ0v) is 19.7. The Morgan fingerprint density at radius 1 is 1.03 bits per heavy atom. The van der Waals surface area contributed by atoms with Gasteiger partial charge in [0.2, 0.25) is 0 Å². The number of aliphatic hydroxyl groups excluding tert-OH is 2. The van der Waals surface area contributed by atoms with Gasteiger partial charge < -0.3 is 10.2 Å². The van der Waals surface area contributed by atoms with Crippen molar-refractivity contribution in [2.24, 2.45) is 40.4 Å². The van der Waals surface area contributed by atoms with E-state index in [9.17, 15) is 10.2 Å². The van der Waals surface area contributed by atoms with E-state index in [2.05, 4.69) is 18.8 Å². The van der Waals surface area contributed by atoms with Crippen LogP contribution in [0.4, 0.5) is 0 Å². The summed E-state index contributed by atoms with van der Waals surface area (Å²) in [4.78, 5) is 4.16. The van der Waals surface area contributed by atoms with E-state index in [0.29, 0.717) is 10.8 Å². The molecule has 0 aromatic carbocycles. The number of aliphatic hydroxyl groups is 2. The molecule has 0 radical (unpaired) electrons. The molecule has 1 aromatic rings. The summed E-state index contributed by atoms with van der Waals surface area (Å²) in [6.45, 7) is 5.22. The minimum atomic E-state index is -0.369. The smallest absolute Gasteiger partial charge is 0.0804 e. The second kappa shape index (κ2) is 8.45. The summed E-state index contributed by atoms with van der Waals surface area (Å²) in [5, 5.41) is 20.8. The van der Waals surface area contributed by atoms with Gasteiger partial charge in [0.1, 0.15) is 0 Å². The first-order chi connectivity index (χ1) is 14.9. The van der Waals surface area contributed by atoms with Crippen molar-refractivity contribution in [1.29, 1.82) is 0 Å². The topological polar surface area (TPSA) is 53.4 Å². The highest BCUT2D eigenvalue weighted by Gasteiger charge is 2.59. The molecule has 4 aliphatic rings. The molecule has 4 aliphatic carbocycles.